The summed E-state index contributed by atoms with van der Waals surface area (Å²) in [6.45, 7) is 0.901. The van der Waals surface area contributed by atoms with Crippen LogP contribution < -0.4 is 15.2 Å². The molecule has 88 valence electrons. The molecule has 2 aromatic rings. The first-order valence-corrected chi connectivity index (χ1v) is 5.11. The molecule has 17 heavy (non-hydrogen) atoms. The molecule has 3 rings (SSSR count). The molecular formula is C11H10N2O4. The zero-order valence-corrected chi connectivity index (χ0v) is 8.82. The number of nitrogens with one attached hydrogen (secondary N) is 1. The van der Waals surface area contributed by atoms with E-state index in [1.54, 1.807) is 6.07 Å². The summed E-state index contributed by atoms with van der Waals surface area (Å²) in [5, 5.41) is 9.57. The molecule has 4 N–H and O–H groups in total. The standard InChI is InChI=1S/C11H10N2O4/c12-6-4-8-10(17-2-1-16-8)9-5(6)3-7(13-9)11(14)15/h3-4,13H,1-2,12H2,(H,14,15). The second kappa shape index (κ2) is 3.31. The zero-order valence-electron chi connectivity index (χ0n) is 8.82. The Balaban J connectivity index is 2.32. The van der Waals surface area contributed by atoms with Crippen LogP contribution in [0, 0.1) is 0 Å². The van der Waals surface area contributed by atoms with Gasteiger partial charge in [0, 0.05) is 17.1 Å². The normalized spacial score (nSPS) is 13.9. The number of hydrogen-bond donors (Lipinski definition) is 3. The van der Waals surface area contributed by atoms with Crippen LogP contribution in [0.1, 0.15) is 10.5 Å². The van der Waals surface area contributed by atoms with E-state index in [4.69, 9.17) is 20.3 Å². The summed E-state index contributed by atoms with van der Waals surface area (Å²) >= 11 is 0. The van der Waals surface area contributed by atoms with Crippen molar-refractivity contribution in [1.82, 2.24) is 4.98 Å². The fourth-order valence-electron chi connectivity index (χ4n) is 1.93. The van der Waals surface area contributed by atoms with Crippen molar-refractivity contribution in [2.75, 3.05) is 18.9 Å². The van der Waals surface area contributed by atoms with Gasteiger partial charge in [-0.25, -0.2) is 4.79 Å². The number of carboxylic acids is 1. The molecular weight excluding hydrogens is 224 g/mol. The minimum Gasteiger partial charge on any atom is -0.486 e. The van der Waals surface area contributed by atoms with Crippen LogP contribution in [-0.4, -0.2) is 29.3 Å². The fourth-order valence-corrected chi connectivity index (χ4v) is 1.93. The van der Waals surface area contributed by atoms with E-state index >= 15 is 0 Å². The molecule has 6 nitrogen and oxygen atoms in total. The van der Waals surface area contributed by atoms with Crippen molar-refractivity contribution >= 4 is 22.6 Å². The maximum Gasteiger partial charge on any atom is 0.352 e. The van der Waals surface area contributed by atoms with Crippen molar-refractivity contribution < 1.29 is 19.4 Å². The van der Waals surface area contributed by atoms with Crippen LogP contribution in [0.3, 0.4) is 0 Å². The molecule has 0 amide bonds. The maximum absolute atomic E-state index is 10.9. The van der Waals surface area contributed by atoms with Gasteiger partial charge in [0.15, 0.2) is 11.5 Å². The average Bonchev–Trinajstić information content (AvgIpc) is 2.75. The molecule has 0 saturated heterocycles. The van der Waals surface area contributed by atoms with E-state index in [0.717, 1.165) is 0 Å². The van der Waals surface area contributed by atoms with Gasteiger partial charge in [-0.3, -0.25) is 0 Å². The Bertz CT molecular complexity index is 617. The summed E-state index contributed by atoms with van der Waals surface area (Å²) in [4.78, 5) is 13.7. The molecule has 0 aliphatic carbocycles. The van der Waals surface area contributed by atoms with Gasteiger partial charge in [0.1, 0.15) is 18.9 Å². The third kappa shape index (κ3) is 1.37. The summed E-state index contributed by atoms with van der Waals surface area (Å²) in [6.07, 6.45) is 0. The third-order valence-corrected chi connectivity index (χ3v) is 2.68. The van der Waals surface area contributed by atoms with Crippen LogP contribution in [-0.2, 0) is 0 Å². The molecule has 1 aromatic heterocycles. The van der Waals surface area contributed by atoms with E-state index < -0.39 is 5.97 Å². The Morgan fingerprint density at radius 1 is 1.35 bits per heavy atom. The first-order chi connectivity index (χ1) is 8.16. The van der Waals surface area contributed by atoms with Gasteiger partial charge in [0.05, 0.1) is 5.52 Å². The Morgan fingerprint density at radius 2 is 2.12 bits per heavy atom. The number of aromatic amines is 1. The van der Waals surface area contributed by atoms with Crippen molar-refractivity contribution in [2.45, 2.75) is 0 Å². The number of nitrogens with two attached hydrogens (primary N) is 1. The Kier molecular flexibility index (Phi) is 1.91. The van der Waals surface area contributed by atoms with E-state index in [-0.39, 0.29) is 5.69 Å². The van der Waals surface area contributed by atoms with Crippen molar-refractivity contribution in [1.29, 1.82) is 0 Å². The second-order valence-electron chi connectivity index (χ2n) is 3.77. The zero-order chi connectivity index (χ0) is 12.0. The number of H-pyrrole nitrogens is 1. The van der Waals surface area contributed by atoms with E-state index in [9.17, 15) is 4.79 Å². The van der Waals surface area contributed by atoms with E-state index in [2.05, 4.69) is 4.98 Å². The van der Waals surface area contributed by atoms with Crippen molar-refractivity contribution in [3.63, 3.8) is 0 Å². The number of fused-ring (bicyclic) bond motifs is 3. The molecule has 2 heterocycles. The lowest BCUT2D eigenvalue weighted by Crippen LogP contribution is -2.15. The lowest BCUT2D eigenvalue weighted by Gasteiger charge is -2.19. The van der Waals surface area contributed by atoms with Gasteiger partial charge in [-0.2, -0.15) is 0 Å². The van der Waals surface area contributed by atoms with Crippen LogP contribution in [0.4, 0.5) is 5.69 Å². The van der Waals surface area contributed by atoms with Gasteiger partial charge in [0.25, 0.3) is 0 Å². The number of hydrogen-bond acceptors (Lipinski definition) is 4. The summed E-state index contributed by atoms with van der Waals surface area (Å²) in [6, 6.07) is 3.14. The molecule has 6 heteroatoms. The first kappa shape index (κ1) is 9.83. The maximum atomic E-state index is 10.9. The molecule has 0 radical (unpaired) electrons. The van der Waals surface area contributed by atoms with Crippen LogP contribution in [0.25, 0.3) is 10.9 Å². The third-order valence-electron chi connectivity index (χ3n) is 2.68. The van der Waals surface area contributed by atoms with E-state index in [1.165, 1.54) is 6.07 Å². The predicted octanol–water partition coefficient (Wildman–Crippen LogP) is 1.22. The molecule has 0 spiro atoms. The van der Waals surface area contributed by atoms with Crippen molar-refractivity contribution in [3.8, 4) is 11.5 Å². The number of anilines is 1. The largest absolute Gasteiger partial charge is 0.486 e. The van der Waals surface area contributed by atoms with Gasteiger partial charge < -0.3 is 25.3 Å². The molecule has 0 bridgehead atoms. The summed E-state index contributed by atoms with van der Waals surface area (Å²) in [7, 11) is 0. The van der Waals surface area contributed by atoms with E-state index in [1.807, 2.05) is 0 Å². The highest BCUT2D eigenvalue weighted by molar-refractivity contribution is 6.02. The molecule has 0 atom stereocenters. The highest BCUT2D eigenvalue weighted by Gasteiger charge is 2.20. The van der Waals surface area contributed by atoms with Crippen LogP contribution in [0.2, 0.25) is 0 Å². The minimum absolute atomic E-state index is 0.0780. The van der Waals surface area contributed by atoms with Crippen LogP contribution in [0.15, 0.2) is 12.1 Å². The molecule has 1 aliphatic rings. The predicted molar refractivity (Wildman–Crippen MR) is 60.7 cm³/mol. The number of aromatic nitrogens is 1. The number of benzene rings is 1. The number of aromatic carboxylic acids is 1. The van der Waals surface area contributed by atoms with Gasteiger partial charge in [-0.05, 0) is 6.07 Å². The number of nitrogen functional groups attached to an aromatic ring is 1. The first-order valence-electron chi connectivity index (χ1n) is 5.11. The summed E-state index contributed by atoms with van der Waals surface area (Å²) in [5.74, 6) is 0.0269. The minimum atomic E-state index is -1.04. The number of carboxylic acid groups (broad SMARTS) is 1. The summed E-state index contributed by atoms with van der Waals surface area (Å²) in [5.41, 5.74) is 6.96. The second-order valence-corrected chi connectivity index (χ2v) is 3.77. The van der Waals surface area contributed by atoms with Gasteiger partial charge >= 0.3 is 5.97 Å². The average molecular weight is 234 g/mol. The van der Waals surface area contributed by atoms with Gasteiger partial charge in [-0.15, -0.1) is 0 Å². The Labute approximate surface area is 95.9 Å². The smallest absolute Gasteiger partial charge is 0.352 e. The molecule has 1 aliphatic heterocycles. The van der Waals surface area contributed by atoms with Crippen molar-refractivity contribution in [2.24, 2.45) is 0 Å². The van der Waals surface area contributed by atoms with Crippen LogP contribution >= 0.6 is 0 Å². The van der Waals surface area contributed by atoms with Gasteiger partial charge in [0.2, 0.25) is 0 Å². The van der Waals surface area contributed by atoms with Crippen LogP contribution in [0.5, 0.6) is 11.5 Å². The molecule has 1 aromatic carbocycles. The SMILES string of the molecule is Nc1cc2c(c3[nH]c(C(=O)O)cc13)OCCO2. The Morgan fingerprint density at radius 3 is 2.88 bits per heavy atom. The number of carbonyl (C=O) groups is 1. The monoisotopic (exact) mass is 234 g/mol. The highest BCUT2D eigenvalue weighted by Crippen LogP contribution is 2.40. The topological polar surface area (TPSA) is 97.6 Å². The van der Waals surface area contributed by atoms with E-state index in [0.29, 0.717) is 41.3 Å². The Hall–Kier alpha value is -2.37. The molecule has 0 unspecified atom stereocenters. The lowest BCUT2D eigenvalue weighted by molar-refractivity contribution is 0.0691. The number of ether oxygens (including phenoxy) is 2. The summed E-state index contributed by atoms with van der Waals surface area (Å²) < 4.78 is 10.9. The van der Waals surface area contributed by atoms with Gasteiger partial charge in [-0.1, -0.05) is 0 Å². The molecule has 0 fully saturated rings. The van der Waals surface area contributed by atoms with Crippen molar-refractivity contribution in [3.05, 3.63) is 17.8 Å². The molecule has 0 saturated carbocycles. The quantitative estimate of drug-likeness (QED) is 0.644. The number of rotatable bonds is 1. The lowest BCUT2D eigenvalue weighted by atomic mass is 10.2. The highest BCUT2D eigenvalue weighted by atomic mass is 16.6. The fraction of sp³-hybridized carbons (Fsp3) is 0.182.